The van der Waals surface area contributed by atoms with Gasteiger partial charge in [0, 0.05) is 19.2 Å². The van der Waals surface area contributed by atoms with Crippen LogP contribution in [0.3, 0.4) is 0 Å². The predicted molar refractivity (Wildman–Crippen MR) is 70.6 cm³/mol. The summed E-state index contributed by atoms with van der Waals surface area (Å²) >= 11 is 0. The molecule has 0 radical (unpaired) electrons. The number of phenolic OH excluding ortho intramolecular Hbond substituents is 2. The van der Waals surface area contributed by atoms with Crippen molar-refractivity contribution >= 4 is 5.78 Å². The fourth-order valence-corrected chi connectivity index (χ4v) is 2.29. The molecular formula is C14H19NO4. The van der Waals surface area contributed by atoms with Crippen LogP contribution in [0.4, 0.5) is 0 Å². The van der Waals surface area contributed by atoms with E-state index in [9.17, 15) is 15.0 Å². The Morgan fingerprint density at radius 3 is 2.89 bits per heavy atom. The summed E-state index contributed by atoms with van der Waals surface area (Å²) in [7, 11) is 1.86. The van der Waals surface area contributed by atoms with Gasteiger partial charge in [-0.1, -0.05) is 0 Å². The van der Waals surface area contributed by atoms with Crippen LogP contribution in [0.2, 0.25) is 0 Å². The van der Waals surface area contributed by atoms with Gasteiger partial charge in [-0.2, -0.15) is 0 Å². The number of Topliss-reactive ketones (excluding diaryl/α,β-unsaturated/α-hetero) is 1. The summed E-state index contributed by atoms with van der Waals surface area (Å²) in [5.41, 5.74) is 0.233. The standard InChI is InChI=1S/C14H19NO4/c1-15(8-11-3-2-6-19-11)9-14(18)12-5-4-10(16)7-13(12)17/h4-5,7,11,16-17H,2-3,6,8-9H2,1H3. The second kappa shape index (κ2) is 6.04. The molecule has 1 aromatic rings. The van der Waals surface area contributed by atoms with Crippen molar-refractivity contribution in [3.8, 4) is 11.5 Å². The summed E-state index contributed by atoms with van der Waals surface area (Å²) < 4.78 is 5.51. The van der Waals surface area contributed by atoms with E-state index in [4.69, 9.17) is 4.74 Å². The van der Waals surface area contributed by atoms with Crippen molar-refractivity contribution < 1.29 is 19.7 Å². The number of carbonyl (C=O) groups is 1. The molecule has 5 nitrogen and oxygen atoms in total. The molecule has 1 fully saturated rings. The van der Waals surface area contributed by atoms with Gasteiger partial charge in [0.05, 0.1) is 18.2 Å². The predicted octanol–water partition coefficient (Wildman–Crippen LogP) is 1.39. The van der Waals surface area contributed by atoms with E-state index in [0.717, 1.165) is 19.4 Å². The van der Waals surface area contributed by atoms with Gasteiger partial charge in [0.2, 0.25) is 0 Å². The number of phenols is 2. The summed E-state index contributed by atoms with van der Waals surface area (Å²) in [5.74, 6) is -0.407. The maximum atomic E-state index is 12.0. The molecule has 1 aliphatic rings. The Morgan fingerprint density at radius 2 is 2.26 bits per heavy atom. The van der Waals surface area contributed by atoms with Gasteiger partial charge in [0.1, 0.15) is 11.5 Å². The number of aromatic hydroxyl groups is 2. The van der Waals surface area contributed by atoms with Crippen LogP contribution in [-0.2, 0) is 4.74 Å². The van der Waals surface area contributed by atoms with E-state index in [2.05, 4.69) is 0 Å². The molecule has 1 heterocycles. The van der Waals surface area contributed by atoms with Gasteiger partial charge in [0.15, 0.2) is 5.78 Å². The average molecular weight is 265 g/mol. The molecule has 0 saturated carbocycles. The fraction of sp³-hybridized carbons (Fsp3) is 0.500. The molecule has 1 aliphatic heterocycles. The van der Waals surface area contributed by atoms with Crippen molar-refractivity contribution in [3.05, 3.63) is 23.8 Å². The van der Waals surface area contributed by atoms with Crippen LogP contribution in [0, 0.1) is 0 Å². The number of hydrogen-bond acceptors (Lipinski definition) is 5. The molecule has 2 rings (SSSR count). The number of rotatable bonds is 5. The third-order valence-electron chi connectivity index (χ3n) is 3.23. The van der Waals surface area contributed by atoms with Gasteiger partial charge in [0.25, 0.3) is 0 Å². The van der Waals surface area contributed by atoms with E-state index in [0.29, 0.717) is 6.54 Å². The Morgan fingerprint density at radius 1 is 1.47 bits per heavy atom. The highest BCUT2D eigenvalue weighted by Crippen LogP contribution is 2.23. The second-order valence-electron chi connectivity index (χ2n) is 4.96. The van der Waals surface area contributed by atoms with Gasteiger partial charge in [-0.15, -0.1) is 0 Å². The van der Waals surface area contributed by atoms with Crippen molar-refractivity contribution in [2.45, 2.75) is 18.9 Å². The van der Waals surface area contributed by atoms with Gasteiger partial charge < -0.3 is 14.9 Å². The van der Waals surface area contributed by atoms with Crippen LogP contribution in [-0.4, -0.2) is 53.7 Å². The van der Waals surface area contributed by atoms with E-state index in [1.165, 1.54) is 18.2 Å². The number of nitrogens with zero attached hydrogens (tertiary/aromatic N) is 1. The normalized spacial score (nSPS) is 18.9. The van der Waals surface area contributed by atoms with Crippen LogP contribution >= 0.6 is 0 Å². The van der Waals surface area contributed by atoms with Gasteiger partial charge in [-0.05, 0) is 32.0 Å². The average Bonchev–Trinajstić information content (AvgIpc) is 2.81. The maximum Gasteiger partial charge on any atom is 0.180 e. The molecule has 0 amide bonds. The molecule has 0 spiro atoms. The summed E-state index contributed by atoms with van der Waals surface area (Å²) in [6, 6.07) is 4.01. The molecule has 5 heteroatoms. The lowest BCUT2D eigenvalue weighted by molar-refractivity contribution is 0.0739. The van der Waals surface area contributed by atoms with Gasteiger partial charge in [-0.25, -0.2) is 0 Å². The highest BCUT2D eigenvalue weighted by molar-refractivity contribution is 6.00. The fourth-order valence-electron chi connectivity index (χ4n) is 2.29. The van der Waals surface area contributed by atoms with Crippen LogP contribution < -0.4 is 0 Å². The molecule has 0 bridgehead atoms. The van der Waals surface area contributed by atoms with Crippen LogP contribution in [0.15, 0.2) is 18.2 Å². The molecule has 0 aliphatic carbocycles. The number of benzene rings is 1. The Hall–Kier alpha value is -1.59. The lowest BCUT2D eigenvalue weighted by Crippen LogP contribution is -2.33. The van der Waals surface area contributed by atoms with E-state index >= 15 is 0 Å². The number of likely N-dealkylation sites (N-methyl/N-ethyl adjacent to an activating group) is 1. The van der Waals surface area contributed by atoms with E-state index in [1.54, 1.807) is 0 Å². The minimum Gasteiger partial charge on any atom is -0.508 e. The largest absolute Gasteiger partial charge is 0.508 e. The van der Waals surface area contributed by atoms with Crippen molar-refractivity contribution in [3.63, 3.8) is 0 Å². The maximum absolute atomic E-state index is 12.0. The molecular weight excluding hydrogens is 246 g/mol. The monoisotopic (exact) mass is 265 g/mol. The summed E-state index contributed by atoms with van der Waals surface area (Å²) in [4.78, 5) is 13.9. The first-order valence-corrected chi connectivity index (χ1v) is 6.41. The summed E-state index contributed by atoms with van der Waals surface area (Å²) in [6.45, 7) is 1.73. The Labute approximate surface area is 112 Å². The second-order valence-corrected chi connectivity index (χ2v) is 4.96. The number of ketones is 1. The molecule has 0 aromatic heterocycles. The molecule has 1 aromatic carbocycles. The zero-order chi connectivity index (χ0) is 13.8. The highest BCUT2D eigenvalue weighted by Gasteiger charge is 2.20. The third-order valence-corrected chi connectivity index (χ3v) is 3.23. The van der Waals surface area contributed by atoms with Crippen LogP contribution in [0.25, 0.3) is 0 Å². The van der Waals surface area contributed by atoms with Crippen molar-refractivity contribution in [2.24, 2.45) is 0 Å². The molecule has 1 unspecified atom stereocenters. The van der Waals surface area contributed by atoms with Gasteiger partial charge >= 0.3 is 0 Å². The van der Waals surface area contributed by atoms with E-state index in [1.807, 2.05) is 11.9 Å². The first kappa shape index (κ1) is 13.8. The Balaban J connectivity index is 1.92. The Bertz CT molecular complexity index is 455. The number of hydrogen-bond donors (Lipinski definition) is 2. The molecule has 104 valence electrons. The van der Waals surface area contributed by atoms with E-state index in [-0.39, 0.29) is 35.5 Å². The first-order valence-electron chi connectivity index (χ1n) is 6.41. The lowest BCUT2D eigenvalue weighted by Gasteiger charge is -2.19. The highest BCUT2D eigenvalue weighted by atomic mass is 16.5. The van der Waals surface area contributed by atoms with Crippen LogP contribution in [0.1, 0.15) is 23.2 Å². The third kappa shape index (κ3) is 3.68. The van der Waals surface area contributed by atoms with Crippen molar-refractivity contribution in [1.82, 2.24) is 4.90 Å². The molecule has 19 heavy (non-hydrogen) atoms. The van der Waals surface area contributed by atoms with Crippen molar-refractivity contribution in [1.29, 1.82) is 0 Å². The number of ether oxygens (including phenoxy) is 1. The Kier molecular flexibility index (Phi) is 4.39. The molecule has 2 N–H and O–H groups in total. The minimum atomic E-state index is -0.185. The number of carbonyl (C=O) groups excluding carboxylic acids is 1. The SMILES string of the molecule is CN(CC(=O)c1ccc(O)cc1O)CC1CCCO1. The smallest absolute Gasteiger partial charge is 0.180 e. The minimum absolute atomic E-state index is 0.0539. The summed E-state index contributed by atoms with van der Waals surface area (Å²) in [5, 5.41) is 18.8. The van der Waals surface area contributed by atoms with Gasteiger partial charge in [-0.3, -0.25) is 9.69 Å². The topological polar surface area (TPSA) is 70.0 Å². The zero-order valence-electron chi connectivity index (χ0n) is 11.0. The first-order chi connectivity index (χ1) is 9.06. The summed E-state index contributed by atoms with van der Waals surface area (Å²) in [6.07, 6.45) is 2.31. The zero-order valence-corrected chi connectivity index (χ0v) is 11.0. The van der Waals surface area contributed by atoms with E-state index < -0.39 is 0 Å². The molecule has 1 atom stereocenters. The quantitative estimate of drug-likeness (QED) is 0.787. The van der Waals surface area contributed by atoms with Crippen molar-refractivity contribution in [2.75, 3.05) is 26.7 Å². The lowest BCUT2D eigenvalue weighted by atomic mass is 10.1. The molecule has 1 saturated heterocycles. The van der Waals surface area contributed by atoms with Crippen LogP contribution in [0.5, 0.6) is 11.5 Å².